The first-order chi connectivity index (χ1) is 14.3. The van der Waals surface area contributed by atoms with E-state index in [1.165, 1.54) is 22.5 Å². The lowest BCUT2D eigenvalue weighted by atomic mass is 9.97. The second-order valence-electron chi connectivity index (χ2n) is 7.64. The summed E-state index contributed by atoms with van der Waals surface area (Å²) in [7, 11) is 0. The summed E-state index contributed by atoms with van der Waals surface area (Å²) in [6.07, 6.45) is 2.31. The Morgan fingerprint density at radius 1 is 0.724 bits per heavy atom. The lowest BCUT2D eigenvalue weighted by molar-refractivity contribution is 0.188. The average Bonchev–Trinajstić information content (AvgIpc) is 2.80. The maximum atomic E-state index is 2.62. The van der Waals surface area contributed by atoms with Gasteiger partial charge in [-0.3, -0.25) is 4.90 Å². The van der Waals surface area contributed by atoms with E-state index >= 15 is 0 Å². The second-order valence-corrected chi connectivity index (χ2v) is 7.64. The van der Waals surface area contributed by atoms with Gasteiger partial charge in [0.05, 0.1) is 0 Å². The Labute approximate surface area is 175 Å². The van der Waals surface area contributed by atoms with Crippen LogP contribution in [0.25, 0.3) is 0 Å². The van der Waals surface area contributed by atoms with Crippen LogP contribution in [0.5, 0.6) is 0 Å². The number of hydrogen-bond donors (Lipinski definition) is 0. The summed E-state index contributed by atoms with van der Waals surface area (Å²) < 4.78 is 0. The Kier molecular flexibility index (Phi) is 6.12. The van der Waals surface area contributed by atoms with Crippen LogP contribution in [-0.4, -0.2) is 11.4 Å². The lowest BCUT2D eigenvalue weighted by Crippen LogP contribution is -2.46. The number of hydrogen-bond acceptors (Lipinski definition) is 2. The molecule has 0 aliphatic carbocycles. The number of anilines is 1. The predicted octanol–water partition coefficient (Wildman–Crippen LogP) is 6.78. The van der Waals surface area contributed by atoms with Gasteiger partial charge in [-0.05, 0) is 41.7 Å². The van der Waals surface area contributed by atoms with Crippen molar-refractivity contribution in [2.75, 3.05) is 11.4 Å². The van der Waals surface area contributed by atoms with Crippen molar-refractivity contribution in [2.24, 2.45) is 0 Å². The van der Waals surface area contributed by atoms with Gasteiger partial charge in [0.25, 0.3) is 0 Å². The molecule has 29 heavy (non-hydrogen) atoms. The van der Waals surface area contributed by atoms with Crippen LogP contribution >= 0.6 is 0 Å². The molecule has 3 aromatic carbocycles. The maximum absolute atomic E-state index is 2.62. The summed E-state index contributed by atoms with van der Waals surface area (Å²) >= 11 is 0. The standard InChI is InChI=1S/C27H30N2/c1-3-23-21-28(20-22-14-8-5-9-15-22)27(24-16-10-6-11-17-24)29(26(23)4-2)25-18-12-7-13-19-25/h5-19,27H,3-4,20-21H2,1-2H3. The minimum absolute atomic E-state index is 0.184. The van der Waals surface area contributed by atoms with Gasteiger partial charge in [0, 0.05) is 24.5 Å². The summed E-state index contributed by atoms with van der Waals surface area (Å²) in [5.74, 6) is 0. The number of rotatable bonds is 6. The van der Waals surface area contributed by atoms with E-state index < -0.39 is 0 Å². The van der Waals surface area contributed by atoms with Crippen molar-refractivity contribution in [1.82, 2.24) is 4.90 Å². The summed E-state index contributed by atoms with van der Waals surface area (Å²) in [5, 5.41) is 0. The lowest BCUT2D eigenvalue weighted by Gasteiger charge is -2.47. The van der Waals surface area contributed by atoms with Gasteiger partial charge in [0.2, 0.25) is 0 Å². The first-order valence-electron chi connectivity index (χ1n) is 10.7. The predicted molar refractivity (Wildman–Crippen MR) is 123 cm³/mol. The number of nitrogens with zero attached hydrogens (tertiary/aromatic N) is 2. The Bertz CT molecular complexity index is 932. The Hall–Kier alpha value is -2.84. The van der Waals surface area contributed by atoms with Crippen molar-refractivity contribution < 1.29 is 0 Å². The fourth-order valence-corrected chi connectivity index (χ4v) is 4.47. The number of para-hydroxylation sites is 1. The van der Waals surface area contributed by atoms with E-state index in [0.717, 1.165) is 25.9 Å². The maximum Gasteiger partial charge on any atom is 0.113 e. The summed E-state index contributed by atoms with van der Waals surface area (Å²) in [5.41, 5.74) is 6.98. The first kappa shape index (κ1) is 19.5. The van der Waals surface area contributed by atoms with E-state index in [-0.39, 0.29) is 6.17 Å². The molecule has 2 nitrogen and oxygen atoms in total. The molecule has 0 fully saturated rings. The summed E-state index contributed by atoms with van der Waals surface area (Å²) in [4.78, 5) is 5.19. The molecule has 2 heteroatoms. The average molecular weight is 383 g/mol. The second kappa shape index (κ2) is 9.11. The van der Waals surface area contributed by atoms with E-state index in [9.17, 15) is 0 Å². The molecule has 1 heterocycles. The zero-order valence-electron chi connectivity index (χ0n) is 17.5. The van der Waals surface area contributed by atoms with Gasteiger partial charge < -0.3 is 4.90 Å². The Morgan fingerprint density at radius 3 is 1.90 bits per heavy atom. The summed E-state index contributed by atoms with van der Waals surface area (Å²) in [6.45, 7) is 6.52. The highest BCUT2D eigenvalue weighted by atomic mass is 15.4. The molecule has 0 spiro atoms. The molecule has 148 valence electrons. The monoisotopic (exact) mass is 382 g/mol. The highest BCUT2D eigenvalue weighted by molar-refractivity contribution is 5.56. The molecule has 0 saturated heterocycles. The SMILES string of the molecule is CCC1=C(CC)N(c2ccccc2)C(c2ccccc2)N(Cc2ccccc2)C1. The molecule has 4 rings (SSSR count). The first-order valence-corrected chi connectivity index (χ1v) is 10.7. The van der Waals surface area contributed by atoms with Crippen molar-refractivity contribution >= 4 is 5.69 Å². The largest absolute Gasteiger partial charge is 0.325 e. The van der Waals surface area contributed by atoms with E-state index in [0.29, 0.717) is 0 Å². The van der Waals surface area contributed by atoms with Gasteiger partial charge in [-0.1, -0.05) is 92.7 Å². The van der Waals surface area contributed by atoms with Crippen molar-refractivity contribution in [3.05, 3.63) is 113 Å². The molecule has 1 aliphatic heterocycles. The highest BCUT2D eigenvalue weighted by Crippen LogP contribution is 2.41. The van der Waals surface area contributed by atoms with Crippen LogP contribution in [0.15, 0.2) is 102 Å². The molecule has 1 aliphatic rings. The minimum atomic E-state index is 0.184. The van der Waals surface area contributed by atoms with Gasteiger partial charge >= 0.3 is 0 Å². The third kappa shape index (κ3) is 4.13. The molecular formula is C27H30N2. The fourth-order valence-electron chi connectivity index (χ4n) is 4.47. The highest BCUT2D eigenvalue weighted by Gasteiger charge is 2.34. The van der Waals surface area contributed by atoms with E-state index in [1.807, 2.05) is 0 Å². The van der Waals surface area contributed by atoms with Crippen LogP contribution in [0.4, 0.5) is 5.69 Å². The molecule has 0 N–H and O–H groups in total. The normalized spacial score (nSPS) is 17.6. The van der Waals surface area contributed by atoms with Crippen LogP contribution in [-0.2, 0) is 6.54 Å². The molecule has 3 aromatic rings. The van der Waals surface area contributed by atoms with Crippen LogP contribution in [0, 0.1) is 0 Å². The quantitative estimate of drug-likeness (QED) is 0.463. The molecule has 0 saturated carbocycles. The van der Waals surface area contributed by atoms with Crippen molar-refractivity contribution in [1.29, 1.82) is 0 Å². The van der Waals surface area contributed by atoms with Crippen LogP contribution in [0.2, 0.25) is 0 Å². The van der Waals surface area contributed by atoms with E-state index in [1.54, 1.807) is 5.57 Å². The minimum Gasteiger partial charge on any atom is -0.325 e. The molecular weight excluding hydrogens is 352 g/mol. The zero-order valence-corrected chi connectivity index (χ0v) is 17.5. The molecule has 1 atom stereocenters. The third-order valence-corrected chi connectivity index (χ3v) is 5.81. The summed E-state index contributed by atoms with van der Waals surface area (Å²) in [6, 6.07) is 32.7. The molecule has 1 unspecified atom stereocenters. The van der Waals surface area contributed by atoms with Gasteiger partial charge in [0.15, 0.2) is 0 Å². The molecule has 0 radical (unpaired) electrons. The van der Waals surface area contributed by atoms with Gasteiger partial charge in [0.1, 0.15) is 6.17 Å². The van der Waals surface area contributed by atoms with Crippen molar-refractivity contribution in [3.8, 4) is 0 Å². The number of benzene rings is 3. The van der Waals surface area contributed by atoms with Crippen molar-refractivity contribution in [3.63, 3.8) is 0 Å². The Balaban J connectivity index is 1.85. The molecule has 0 amide bonds. The van der Waals surface area contributed by atoms with Crippen LogP contribution < -0.4 is 4.90 Å². The molecule has 0 bridgehead atoms. The van der Waals surface area contributed by atoms with E-state index in [4.69, 9.17) is 0 Å². The number of allylic oxidation sites excluding steroid dienone is 1. The third-order valence-electron chi connectivity index (χ3n) is 5.81. The smallest absolute Gasteiger partial charge is 0.113 e. The topological polar surface area (TPSA) is 6.48 Å². The zero-order chi connectivity index (χ0) is 20.1. The fraction of sp³-hybridized carbons (Fsp3) is 0.259. The van der Waals surface area contributed by atoms with Gasteiger partial charge in [-0.15, -0.1) is 0 Å². The van der Waals surface area contributed by atoms with E-state index in [2.05, 4.69) is 115 Å². The van der Waals surface area contributed by atoms with Gasteiger partial charge in [-0.25, -0.2) is 0 Å². The molecule has 0 aromatic heterocycles. The van der Waals surface area contributed by atoms with Crippen LogP contribution in [0.1, 0.15) is 44.0 Å². The Morgan fingerprint density at radius 2 is 1.31 bits per heavy atom. The van der Waals surface area contributed by atoms with Gasteiger partial charge in [-0.2, -0.15) is 0 Å². The van der Waals surface area contributed by atoms with Crippen LogP contribution in [0.3, 0.4) is 0 Å². The van der Waals surface area contributed by atoms with Crippen molar-refractivity contribution in [2.45, 2.75) is 39.4 Å².